The quantitative estimate of drug-likeness (QED) is 0.794. The van der Waals surface area contributed by atoms with E-state index in [1.807, 2.05) is 31.2 Å². The van der Waals surface area contributed by atoms with Crippen LogP contribution in [0.25, 0.3) is 0 Å². The molecule has 0 amide bonds. The molecule has 4 unspecified atom stereocenters. The van der Waals surface area contributed by atoms with Crippen molar-refractivity contribution >= 4 is 5.90 Å². The molecule has 2 aromatic rings. The van der Waals surface area contributed by atoms with E-state index in [2.05, 4.69) is 6.07 Å². The van der Waals surface area contributed by atoms with Crippen LogP contribution in [0.5, 0.6) is 0 Å². The summed E-state index contributed by atoms with van der Waals surface area (Å²) < 4.78 is 25.8. The van der Waals surface area contributed by atoms with Crippen LogP contribution in [0, 0.1) is 62.0 Å². The fourth-order valence-corrected chi connectivity index (χ4v) is 4.78. The number of nitrogens with zero attached hydrogens (tertiary/aromatic N) is 3. The number of fused-ring (bicyclic) bond motifs is 2. The standard InChI is InChI=1S/C24H19FN4O2/c1-3-16-4-6-17(7-5-16)20-22(12-26,13-27)23(14-28)15(2)24(30-20,31-21(23)29)18-8-10-19(25)11-9-18/h4-11,15,20,29H,3H2,1-2H3. The second-order valence-corrected chi connectivity index (χ2v) is 7.87. The lowest BCUT2D eigenvalue weighted by Crippen LogP contribution is -2.57. The average molecular weight is 414 g/mol. The van der Waals surface area contributed by atoms with Crippen molar-refractivity contribution in [3.05, 3.63) is 71.0 Å². The molecule has 2 saturated heterocycles. The molecule has 0 saturated carbocycles. The lowest BCUT2D eigenvalue weighted by molar-refractivity contribution is -0.288. The van der Waals surface area contributed by atoms with E-state index in [4.69, 9.17) is 14.9 Å². The molecule has 0 aliphatic carbocycles. The van der Waals surface area contributed by atoms with Gasteiger partial charge in [-0.15, -0.1) is 0 Å². The van der Waals surface area contributed by atoms with Crippen molar-refractivity contribution in [2.75, 3.05) is 0 Å². The molecule has 6 nitrogen and oxygen atoms in total. The van der Waals surface area contributed by atoms with Crippen molar-refractivity contribution < 1.29 is 13.9 Å². The molecule has 0 radical (unpaired) electrons. The summed E-state index contributed by atoms with van der Waals surface area (Å²) in [4.78, 5) is 0. The maximum Gasteiger partial charge on any atom is 0.244 e. The van der Waals surface area contributed by atoms with Crippen molar-refractivity contribution in [3.63, 3.8) is 0 Å². The zero-order valence-corrected chi connectivity index (χ0v) is 17.0. The van der Waals surface area contributed by atoms with E-state index in [9.17, 15) is 20.2 Å². The van der Waals surface area contributed by atoms with Gasteiger partial charge in [0, 0.05) is 5.56 Å². The number of rotatable bonds is 3. The van der Waals surface area contributed by atoms with Gasteiger partial charge < -0.3 is 9.47 Å². The van der Waals surface area contributed by atoms with Crippen LogP contribution in [0.3, 0.4) is 0 Å². The first kappa shape index (κ1) is 20.5. The fourth-order valence-electron chi connectivity index (χ4n) is 4.78. The zero-order chi connectivity index (χ0) is 22.4. The van der Waals surface area contributed by atoms with Gasteiger partial charge in [-0.3, -0.25) is 5.41 Å². The van der Waals surface area contributed by atoms with E-state index in [1.54, 1.807) is 19.1 Å². The van der Waals surface area contributed by atoms with Crippen molar-refractivity contribution in [1.82, 2.24) is 0 Å². The molecule has 2 aliphatic heterocycles. The highest BCUT2D eigenvalue weighted by Gasteiger charge is 2.79. The van der Waals surface area contributed by atoms with Crippen LogP contribution in [-0.4, -0.2) is 5.90 Å². The molecule has 1 N–H and O–H groups in total. The molecular weight excluding hydrogens is 395 g/mol. The molecule has 2 bridgehead atoms. The van der Waals surface area contributed by atoms with Crippen LogP contribution >= 0.6 is 0 Å². The van der Waals surface area contributed by atoms with Gasteiger partial charge in [0.1, 0.15) is 11.9 Å². The maximum atomic E-state index is 13.6. The molecule has 7 heteroatoms. The topological polar surface area (TPSA) is 114 Å². The van der Waals surface area contributed by atoms with Crippen molar-refractivity contribution in [2.45, 2.75) is 32.2 Å². The number of hydrogen-bond donors (Lipinski definition) is 1. The first-order valence-electron chi connectivity index (χ1n) is 9.89. The first-order valence-corrected chi connectivity index (χ1v) is 9.89. The Morgan fingerprint density at radius 3 is 2.13 bits per heavy atom. The average Bonchev–Trinajstić information content (AvgIpc) is 2.96. The van der Waals surface area contributed by atoms with Gasteiger partial charge in [-0.2, -0.15) is 15.8 Å². The largest absolute Gasteiger partial charge is 0.443 e. The number of nitriles is 3. The fraction of sp³-hybridized carbons (Fsp3) is 0.333. The van der Waals surface area contributed by atoms with Crippen molar-refractivity contribution in [3.8, 4) is 18.2 Å². The summed E-state index contributed by atoms with van der Waals surface area (Å²) in [7, 11) is 0. The van der Waals surface area contributed by atoms with Crippen LogP contribution in [-0.2, 0) is 21.7 Å². The number of hydrogen-bond acceptors (Lipinski definition) is 6. The Morgan fingerprint density at radius 1 is 1.00 bits per heavy atom. The van der Waals surface area contributed by atoms with E-state index in [-0.39, 0.29) is 0 Å². The summed E-state index contributed by atoms with van der Waals surface area (Å²) in [6, 6.07) is 18.8. The van der Waals surface area contributed by atoms with Crippen LogP contribution < -0.4 is 0 Å². The third kappa shape index (κ3) is 2.40. The summed E-state index contributed by atoms with van der Waals surface area (Å²) in [6.07, 6.45) is -0.364. The van der Waals surface area contributed by atoms with Crippen LogP contribution in [0.15, 0.2) is 48.5 Å². The van der Waals surface area contributed by atoms with Gasteiger partial charge in [-0.05, 0) is 41.8 Å². The minimum atomic E-state index is -2.02. The maximum absolute atomic E-state index is 13.6. The molecule has 0 aromatic heterocycles. The molecule has 31 heavy (non-hydrogen) atoms. The number of aryl methyl sites for hydroxylation is 1. The van der Waals surface area contributed by atoms with Crippen LogP contribution in [0.2, 0.25) is 0 Å². The summed E-state index contributed by atoms with van der Waals surface area (Å²) in [5.41, 5.74) is -1.91. The van der Waals surface area contributed by atoms with Gasteiger partial charge in [-0.25, -0.2) is 4.39 Å². The summed E-state index contributed by atoms with van der Waals surface area (Å²) in [5, 5.41) is 39.2. The lowest BCUT2D eigenvalue weighted by atomic mass is 9.53. The van der Waals surface area contributed by atoms with Gasteiger partial charge in [0.05, 0.1) is 24.1 Å². The van der Waals surface area contributed by atoms with E-state index in [1.165, 1.54) is 24.3 Å². The Balaban J connectivity index is 2.00. The van der Waals surface area contributed by atoms with Gasteiger partial charge in [-0.1, -0.05) is 38.1 Å². The zero-order valence-electron chi connectivity index (χ0n) is 17.0. The third-order valence-corrected chi connectivity index (χ3v) is 6.61. The van der Waals surface area contributed by atoms with Gasteiger partial charge in [0.25, 0.3) is 0 Å². The summed E-state index contributed by atoms with van der Waals surface area (Å²) in [5.74, 6) is -3.46. The van der Waals surface area contributed by atoms with Crippen molar-refractivity contribution in [2.24, 2.45) is 16.7 Å². The number of nitrogens with one attached hydrogen (secondary N) is 1. The Hall–Kier alpha value is -3.73. The van der Waals surface area contributed by atoms with Crippen molar-refractivity contribution in [1.29, 1.82) is 21.2 Å². The van der Waals surface area contributed by atoms with Crippen LogP contribution in [0.4, 0.5) is 4.39 Å². The minimum Gasteiger partial charge on any atom is -0.443 e. The van der Waals surface area contributed by atoms with Gasteiger partial charge >= 0.3 is 0 Å². The molecule has 2 fully saturated rings. The highest BCUT2D eigenvalue weighted by molar-refractivity contribution is 5.89. The third-order valence-electron chi connectivity index (χ3n) is 6.61. The smallest absolute Gasteiger partial charge is 0.244 e. The Morgan fingerprint density at radius 2 is 1.61 bits per heavy atom. The minimum absolute atomic E-state index is 0.405. The Bertz CT molecular complexity index is 1160. The predicted molar refractivity (Wildman–Crippen MR) is 107 cm³/mol. The Labute approximate surface area is 179 Å². The molecular formula is C24H19FN4O2. The molecule has 2 aromatic carbocycles. The highest BCUT2D eigenvalue weighted by atomic mass is 19.1. The van der Waals surface area contributed by atoms with Gasteiger partial charge in [0.15, 0.2) is 5.41 Å². The van der Waals surface area contributed by atoms with E-state index in [0.29, 0.717) is 11.1 Å². The molecule has 4 atom stereocenters. The molecule has 2 heterocycles. The Kier molecular flexibility index (Phi) is 4.58. The normalized spacial score (nSPS) is 30.5. The van der Waals surface area contributed by atoms with E-state index >= 15 is 0 Å². The van der Waals surface area contributed by atoms with E-state index in [0.717, 1.165) is 12.0 Å². The second kappa shape index (κ2) is 6.91. The molecule has 2 aliphatic rings. The number of halogens is 1. The predicted octanol–water partition coefficient (Wildman–Crippen LogP) is 4.50. The van der Waals surface area contributed by atoms with Crippen LogP contribution in [0.1, 0.15) is 36.6 Å². The first-order chi connectivity index (χ1) is 14.8. The number of benzene rings is 2. The monoisotopic (exact) mass is 414 g/mol. The highest BCUT2D eigenvalue weighted by Crippen LogP contribution is 2.68. The van der Waals surface area contributed by atoms with E-state index < -0.39 is 40.4 Å². The SMILES string of the molecule is CCc1ccc(C2OC3(c4ccc(F)cc4)OC(=N)C(C#N)(C3C)C2(C#N)C#N)cc1. The van der Waals surface area contributed by atoms with Gasteiger partial charge in [0.2, 0.25) is 17.1 Å². The molecule has 4 rings (SSSR count). The molecule has 0 spiro atoms. The second-order valence-electron chi connectivity index (χ2n) is 7.87. The summed E-state index contributed by atoms with van der Waals surface area (Å²) in [6.45, 7) is 3.63. The molecule has 154 valence electrons. The number of ether oxygens (including phenoxy) is 2. The lowest BCUT2D eigenvalue weighted by Gasteiger charge is -2.48. The summed E-state index contributed by atoms with van der Waals surface area (Å²) >= 11 is 0.